The maximum atomic E-state index is 11.5. The summed E-state index contributed by atoms with van der Waals surface area (Å²) in [4.78, 5) is 11.5. The van der Waals surface area contributed by atoms with E-state index in [-0.39, 0.29) is 0 Å². The summed E-state index contributed by atoms with van der Waals surface area (Å²) >= 11 is 1.42. The lowest BCUT2D eigenvalue weighted by Crippen LogP contribution is -2.03. The lowest BCUT2D eigenvalue weighted by molar-refractivity contribution is 0.0600. The van der Waals surface area contributed by atoms with E-state index in [2.05, 4.69) is 10.2 Å². The lowest BCUT2D eigenvalue weighted by atomic mass is 10.1. The standard InChI is InChI=1S/C20H20N2O5S/c1-24-16-8-6-14(7-9-16)12-18-21-22-20(27-18)28-11-10-26-17-5-3-4-15(13-17)19(23)25-2/h3-9,13H,10-12H2,1-2H3. The quantitative estimate of drug-likeness (QED) is 0.306. The van der Waals surface area contributed by atoms with Gasteiger partial charge in [0, 0.05) is 5.75 Å². The van der Waals surface area contributed by atoms with Crippen molar-refractivity contribution in [2.45, 2.75) is 11.6 Å². The van der Waals surface area contributed by atoms with Gasteiger partial charge in [0.1, 0.15) is 11.5 Å². The van der Waals surface area contributed by atoms with Crippen molar-refractivity contribution in [3.63, 3.8) is 0 Å². The minimum atomic E-state index is -0.393. The number of hydrogen-bond donors (Lipinski definition) is 0. The molecule has 0 N–H and O–H groups in total. The molecule has 3 aromatic rings. The molecule has 0 aliphatic rings. The average molecular weight is 400 g/mol. The van der Waals surface area contributed by atoms with Crippen LogP contribution >= 0.6 is 11.8 Å². The van der Waals surface area contributed by atoms with Crippen LogP contribution < -0.4 is 9.47 Å². The molecule has 0 radical (unpaired) electrons. The molecule has 7 nitrogen and oxygen atoms in total. The Morgan fingerprint density at radius 1 is 1.07 bits per heavy atom. The highest BCUT2D eigenvalue weighted by Crippen LogP contribution is 2.20. The van der Waals surface area contributed by atoms with Crippen LogP contribution in [0.25, 0.3) is 0 Å². The van der Waals surface area contributed by atoms with Crippen molar-refractivity contribution in [1.29, 1.82) is 0 Å². The van der Waals surface area contributed by atoms with Crippen molar-refractivity contribution in [3.8, 4) is 11.5 Å². The Morgan fingerprint density at radius 3 is 2.64 bits per heavy atom. The molecule has 0 aliphatic heterocycles. The monoisotopic (exact) mass is 400 g/mol. The van der Waals surface area contributed by atoms with Gasteiger partial charge in [-0.05, 0) is 35.9 Å². The predicted molar refractivity (Wildman–Crippen MR) is 104 cm³/mol. The molecule has 1 aromatic heterocycles. The van der Waals surface area contributed by atoms with Gasteiger partial charge in [0.25, 0.3) is 5.22 Å². The number of nitrogens with zero attached hydrogens (tertiary/aromatic N) is 2. The van der Waals surface area contributed by atoms with E-state index in [0.717, 1.165) is 11.3 Å². The van der Waals surface area contributed by atoms with Crippen LogP contribution in [0.3, 0.4) is 0 Å². The van der Waals surface area contributed by atoms with Crippen LogP contribution in [0.15, 0.2) is 58.2 Å². The van der Waals surface area contributed by atoms with E-state index in [1.54, 1.807) is 31.4 Å². The third kappa shape index (κ3) is 5.50. The molecule has 8 heteroatoms. The van der Waals surface area contributed by atoms with Crippen molar-refractivity contribution >= 4 is 17.7 Å². The van der Waals surface area contributed by atoms with Gasteiger partial charge in [-0.25, -0.2) is 4.79 Å². The van der Waals surface area contributed by atoms with Gasteiger partial charge in [-0.3, -0.25) is 0 Å². The first-order valence-electron chi connectivity index (χ1n) is 8.57. The maximum absolute atomic E-state index is 11.5. The Labute approximate surface area is 167 Å². The first kappa shape index (κ1) is 19.8. The molecule has 0 aliphatic carbocycles. The molecule has 0 saturated carbocycles. The highest BCUT2D eigenvalue weighted by molar-refractivity contribution is 7.99. The topological polar surface area (TPSA) is 83.7 Å². The normalized spacial score (nSPS) is 10.5. The van der Waals surface area contributed by atoms with Gasteiger partial charge in [-0.15, -0.1) is 10.2 Å². The SMILES string of the molecule is COC(=O)c1cccc(OCCSc2nnc(Cc3ccc(OC)cc3)o2)c1. The van der Waals surface area contributed by atoms with Crippen LogP contribution in [0, 0.1) is 0 Å². The fourth-order valence-corrected chi connectivity index (χ4v) is 3.00. The summed E-state index contributed by atoms with van der Waals surface area (Å²) in [6.45, 7) is 0.436. The highest BCUT2D eigenvalue weighted by atomic mass is 32.2. The number of aromatic nitrogens is 2. The third-order valence-corrected chi connectivity index (χ3v) is 4.58. The van der Waals surface area contributed by atoms with Gasteiger partial charge < -0.3 is 18.6 Å². The van der Waals surface area contributed by atoms with Crippen LogP contribution in [0.5, 0.6) is 11.5 Å². The van der Waals surface area contributed by atoms with E-state index >= 15 is 0 Å². The average Bonchev–Trinajstić information content (AvgIpc) is 3.18. The summed E-state index contributed by atoms with van der Waals surface area (Å²) in [5, 5.41) is 8.61. The Kier molecular flexibility index (Phi) is 6.91. The first-order valence-corrected chi connectivity index (χ1v) is 9.56. The molecule has 0 bridgehead atoms. The molecule has 3 rings (SSSR count). The zero-order valence-electron chi connectivity index (χ0n) is 15.6. The molecule has 2 aromatic carbocycles. The minimum Gasteiger partial charge on any atom is -0.497 e. The summed E-state index contributed by atoms with van der Waals surface area (Å²) in [6.07, 6.45) is 0.564. The Hall–Kier alpha value is -3.00. The number of benzene rings is 2. The molecule has 0 fully saturated rings. The zero-order chi connectivity index (χ0) is 19.8. The van der Waals surface area contributed by atoms with E-state index in [4.69, 9.17) is 18.6 Å². The maximum Gasteiger partial charge on any atom is 0.337 e. The van der Waals surface area contributed by atoms with Crippen molar-refractivity contribution in [2.75, 3.05) is 26.6 Å². The van der Waals surface area contributed by atoms with Gasteiger partial charge in [0.15, 0.2) is 0 Å². The number of thioether (sulfide) groups is 1. The van der Waals surface area contributed by atoms with Gasteiger partial charge in [-0.2, -0.15) is 0 Å². The van der Waals surface area contributed by atoms with Gasteiger partial charge in [-0.1, -0.05) is 30.0 Å². The number of carbonyl (C=O) groups excluding carboxylic acids is 1. The number of ether oxygens (including phenoxy) is 3. The number of esters is 1. The van der Waals surface area contributed by atoms with E-state index in [0.29, 0.717) is 41.2 Å². The van der Waals surface area contributed by atoms with Crippen LogP contribution in [0.1, 0.15) is 21.8 Å². The molecule has 0 unspecified atom stereocenters. The molecule has 1 heterocycles. The number of carbonyl (C=O) groups is 1. The molecule has 0 spiro atoms. The molecule has 0 amide bonds. The zero-order valence-corrected chi connectivity index (χ0v) is 16.4. The molecular formula is C20H20N2O5S. The summed E-state index contributed by atoms with van der Waals surface area (Å²) in [5.41, 5.74) is 1.52. The van der Waals surface area contributed by atoms with Crippen molar-refractivity contribution in [3.05, 3.63) is 65.5 Å². The van der Waals surface area contributed by atoms with E-state index < -0.39 is 5.97 Å². The second kappa shape index (κ2) is 9.80. The van der Waals surface area contributed by atoms with Crippen molar-refractivity contribution in [2.24, 2.45) is 0 Å². The van der Waals surface area contributed by atoms with Gasteiger partial charge in [0.2, 0.25) is 5.89 Å². The lowest BCUT2D eigenvalue weighted by Gasteiger charge is -2.06. The van der Waals surface area contributed by atoms with E-state index in [9.17, 15) is 4.79 Å². The third-order valence-electron chi connectivity index (χ3n) is 3.80. The van der Waals surface area contributed by atoms with Crippen LogP contribution in [0.4, 0.5) is 0 Å². The molecular weight excluding hydrogens is 380 g/mol. The number of rotatable bonds is 9. The fraction of sp³-hybridized carbons (Fsp3) is 0.250. The highest BCUT2D eigenvalue weighted by Gasteiger charge is 2.09. The number of methoxy groups -OCH3 is 2. The summed E-state index contributed by atoms with van der Waals surface area (Å²) in [7, 11) is 2.98. The largest absolute Gasteiger partial charge is 0.497 e. The second-order valence-corrected chi connectivity index (χ2v) is 6.75. The summed E-state index contributed by atoms with van der Waals surface area (Å²) in [5.74, 6) is 2.21. The van der Waals surface area contributed by atoms with Gasteiger partial charge >= 0.3 is 5.97 Å². The molecule has 28 heavy (non-hydrogen) atoms. The van der Waals surface area contributed by atoms with Crippen molar-refractivity contribution in [1.82, 2.24) is 10.2 Å². The van der Waals surface area contributed by atoms with E-state index in [1.165, 1.54) is 18.9 Å². The fourth-order valence-electron chi connectivity index (χ4n) is 2.41. The van der Waals surface area contributed by atoms with Crippen LogP contribution in [-0.2, 0) is 11.2 Å². The Morgan fingerprint density at radius 2 is 1.89 bits per heavy atom. The molecule has 146 valence electrons. The summed E-state index contributed by atoms with van der Waals surface area (Å²) in [6, 6.07) is 14.6. The van der Waals surface area contributed by atoms with Crippen LogP contribution in [-0.4, -0.2) is 42.7 Å². The first-order chi connectivity index (χ1) is 13.7. The summed E-state index contributed by atoms with van der Waals surface area (Å²) < 4.78 is 21.2. The van der Waals surface area contributed by atoms with Crippen LogP contribution in [0.2, 0.25) is 0 Å². The minimum absolute atomic E-state index is 0.393. The van der Waals surface area contributed by atoms with Gasteiger partial charge in [0.05, 0.1) is 32.8 Å². The smallest absolute Gasteiger partial charge is 0.337 e. The van der Waals surface area contributed by atoms with E-state index in [1.807, 2.05) is 24.3 Å². The molecule has 0 saturated heterocycles. The Bertz CT molecular complexity index is 911. The Balaban J connectivity index is 1.45. The number of hydrogen-bond acceptors (Lipinski definition) is 8. The predicted octanol–water partition coefficient (Wildman–Crippen LogP) is 3.63. The van der Waals surface area contributed by atoms with Crippen molar-refractivity contribution < 1.29 is 23.4 Å². The second-order valence-electron chi connectivity index (χ2n) is 5.70. The molecule has 0 atom stereocenters.